The molecule has 0 fully saturated rings. The molecule has 0 aliphatic heterocycles. The third-order valence-electron chi connectivity index (χ3n) is 1.83. The number of nitrogen functional groups attached to an aromatic ring is 1. The Hall–Kier alpha value is -0.940. The van der Waals surface area contributed by atoms with E-state index in [0.717, 1.165) is 21.5 Å². The molecule has 1 aromatic carbocycles. The summed E-state index contributed by atoms with van der Waals surface area (Å²) < 4.78 is 6.04. The van der Waals surface area contributed by atoms with Crippen LogP contribution >= 0.6 is 27.7 Å². The summed E-state index contributed by atoms with van der Waals surface area (Å²) in [5.41, 5.74) is 7.68. The lowest BCUT2D eigenvalue weighted by Crippen LogP contribution is -1.89. The summed E-state index contributed by atoms with van der Waals surface area (Å²) in [7, 11) is 0. The van der Waals surface area contributed by atoms with Gasteiger partial charge >= 0.3 is 0 Å². The third kappa shape index (κ3) is 2.76. The van der Waals surface area contributed by atoms with Gasteiger partial charge in [0.05, 0.1) is 6.20 Å². The van der Waals surface area contributed by atoms with Gasteiger partial charge < -0.3 is 10.2 Å². The molecule has 0 saturated heterocycles. The number of benzene rings is 1. The lowest BCUT2D eigenvalue weighted by atomic mass is 10.2. The zero-order valence-electron chi connectivity index (χ0n) is 7.81. The normalized spacial score (nSPS) is 10.5. The van der Waals surface area contributed by atoms with Crippen LogP contribution in [0.15, 0.2) is 44.8 Å². The minimum absolute atomic E-state index is 0.677. The minimum Gasteiger partial charge on any atom is -0.440 e. The van der Waals surface area contributed by atoms with E-state index in [4.69, 9.17) is 10.2 Å². The van der Waals surface area contributed by atoms with Crippen LogP contribution in [0, 0.1) is 0 Å². The molecule has 0 radical (unpaired) electrons. The van der Waals surface area contributed by atoms with Gasteiger partial charge in [0.2, 0.25) is 0 Å². The molecular formula is C10H9BrN2OS. The largest absolute Gasteiger partial charge is 0.440 e. The fraction of sp³-hybridized carbons (Fsp3) is 0.100. The molecule has 15 heavy (non-hydrogen) atoms. The Morgan fingerprint density at radius 2 is 2.33 bits per heavy atom. The van der Waals surface area contributed by atoms with Gasteiger partial charge in [-0.2, -0.15) is 0 Å². The Kier molecular flexibility index (Phi) is 3.33. The number of thioether (sulfide) groups is 1. The molecular weight excluding hydrogens is 276 g/mol. The Labute approximate surface area is 100 Å². The summed E-state index contributed by atoms with van der Waals surface area (Å²) in [5.74, 6) is 0.804. The predicted molar refractivity (Wildman–Crippen MR) is 64.6 cm³/mol. The molecule has 1 aromatic heterocycles. The second-order valence-electron chi connectivity index (χ2n) is 2.94. The molecule has 0 aliphatic carbocycles. The minimum atomic E-state index is 0.677. The van der Waals surface area contributed by atoms with E-state index in [2.05, 4.69) is 20.9 Å². The highest BCUT2D eigenvalue weighted by Crippen LogP contribution is 2.25. The Morgan fingerprint density at radius 3 is 3.00 bits per heavy atom. The average Bonchev–Trinajstić information content (AvgIpc) is 2.73. The van der Waals surface area contributed by atoms with E-state index in [9.17, 15) is 0 Å². The van der Waals surface area contributed by atoms with Crippen LogP contribution in [-0.2, 0) is 5.75 Å². The van der Waals surface area contributed by atoms with E-state index in [1.54, 1.807) is 24.2 Å². The van der Waals surface area contributed by atoms with Crippen molar-refractivity contribution in [3.8, 4) is 0 Å². The Balaban J connectivity index is 2.02. The number of nitrogens with two attached hydrogens (primary N) is 1. The number of aromatic nitrogens is 1. The van der Waals surface area contributed by atoms with Crippen LogP contribution in [0.4, 0.5) is 5.69 Å². The topological polar surface area (TPSA) is 52.0 Å². The van der Waals surface area contributed by atoms with Crippen molar-refractivity contribution in [1.82, 2.24) is 4.98 Å². The van der Waals surface area contributed by atoms with Crippen LogP contribution in [0.3, 0.4) is 0 Å². The van der Waals surface area contributed by atoms with Crippen LogP contribution < -0.4 is 5.73 Å². The maximum absolute atomic E-state index is 5.77. The molecule has 1 heterocycles. The van der Waals surface area contributed by atoms with Crippen molar-refractivity contribution in [2.75, 3.05) is 5.73 Å². The van der Waals surface area contributed by atoms with Gasteiger partial charge in [0.1, 0.15) is 6.26 Å². The maximum atomic E-state index is 5.77. The average molecular weight is 285 g/mol. The van der Waals surface area contributed by atoms with Gasteiger partial charge in [-0.1, -0.05) is 17.8 Å². The SMILES string of the molecule is Nc1cc(CSc2ncco2)ccc1Br. The van der Waals surface area contributed by atoms with E-state index in [0.29, 0.717) is 5.22 Å². The summed E-state index contributed by atoms with van der Waals surface area (Å²) in [6.45, 7) is 0. The first-order valence-corrected chi connectivity index (χ1v) is 6.10. The van der Waals surface area contributed by atoms with E-state index >= 15 is 0 Å². The molecule has 2 aromatic rings. The standard InChI is InChI=1S/C10H9BrN2OS/c11-8-2-1-7(5-9(8)12)6-15-10-13-3-4-14-10/h1-5H,6,12H2. The van der Waals surface area contributed by atoms with Crippen molar-refractivity contribution in [1.29, 1.82) is 0 Å². The van der Waals surface area contributed by atoms with Gasteiger partial charge in [0.15, 0.2) is 0 Å². The second kappa shape index (κ2) is 4.72. The van der Waals surface area contributed by atoms with Gasteiger partial charge in [-0.05, 0) is 33.6 Å². The van der Waals surface area contributed by atoms with Crippen LogP contribution in [0.5, 0.6) is 0 Å². The first-order chi connectivity index (χ1) is 7.25. The summed E-state index contributed by atoms with van der Waals surface area (Å²) in [4.78, 5) is 4.03. The lowest BCUT2D eigenvalue weighted by Gasteiger charge is -2.02. The van der Waals surface area contributed by atoms with Crippen LogP contribution in [0.25, 0.3) is 0 Å². The van der Waals surface area contributed by atoms with Gasteiger partial charge in [-0.25, -0.2) is 4.98 Å². The smallest absolute Gasteiger partial charge is 0.255 e. The Morgan fingerprint density at radius 1 is 1.47 bits per heavy atom. The number of anilines is 1. The van der Waals surface area contributed by atoms with Gasteiger partial charge in [-0.3, -0.25) is 0 Å². The van der Waals surface area contributed by atoms with Crippen LogP contribution in [0.2, 0.25) is 0 Å². The van der Waals surface area contributed by atoms with Gasteiger partial charge in [-0.15, -0.1) is 0 Å². The quantitative estimate of drug-likeness (QED) is 0.694. The Bertz CT molecular complexity index is 445. The molecule has 2 N–H and O–H groups in total. The van der Waals surface area contributed by atoms with Crippen LogP contribution in [-0.4, -0.2) is 4.98 Å². The van der Waals surface area contributed by atoms with E-state index < -0.39 is 0 Å². The molecule has 0 aliphatic rings. The predicted octanol–water partition coefficient (Wildman–Crippen LogP) is 3.31. The molecule has 0 atom stereocenters. The first kappa shape index (κ1) is 10.6. The van der Waals surface area contributed by atoms with Crippen molar-refractivity contribution < 1.29 is 4.42 Å². The fourth-order valence-electron chi connectivity index (χ4n) is 1.11. The molecule has 0 unspecified atom stereocenters. The van der Waals surface area contributed by atoms with E-state index in [1.165, 1.54) is 0 Å². The molecule has 0 spiro atoms. The van der Waals surface area contributed by atoms with Crippen molar-refractivity contribution in [2.45, 2.75) is 11.0 Å². The van der Waals surface area contributed by atoms with Crippen LogP contribution in [0.1, 0.15) is 5.56 Å². The van der Waals surface area contributed by atoms with Gasteiger partial charge in [0.25, 0.3) is 5.22 Å². The second-order valence-corrected chi connectivity index (χ2v) is 4.72. The van der Waals surface area contributed by atoms with Crippen molar-refractivity contribution in [3.63, 3.8) is 0 Å². The van der Waals surface area contributed by atoms with Gasteiger partial charge in [0, 0.05) is 15.9 Å². The number of oxazole rings is 1. The summed E-state index contributed by atoms with van der Waals surface area (Å²) >= 11 is 4.90. The monoisotopic (exact) mass is 284 g/mol. The molecule has 5 heteroatoms. The van der Waals surface area contributed by atoms with Crippen molar-refractivity contribution in [3.05, 3.63) is 40.7 Å². The lowest BCUT2D eigenvalue weighted by molar-refractivity contribution is 0.454. The van der Waals surface area contributed by atoms with E-state index in [1.807, 2.05) is 18.2 Å². The molecule has 2 rings (SSSR count). The number of nitrogens with zero attached hydrogens (tertiary/aromatic N) is 1. The highest BCUT2D eigenvalue weighted by molar-refractivity contribution is 9.10. The molecule has 0 bridgehead atoms. The number of hydrogen-bond donors (Lipinski definition) is 1. The molecule has 0 saturated carbocycles. The summed E-state index contributed by atoms with van der Waals surface area (Å²) in [6, 6.07) is 5.91. The number of rotatable bonds is 3. The first-order valence-electron chi connectivity index (χ1n) is 4.32. The van der Waals surface area contributed by atoms with Crippen molar-refractivity contribution >= 4 is 33.4 Å². The number of halogens is 1. The zero-order chi connectivity index (χ0) is 10.7. The highest BCUT2D eigenvalue weighted by Gasteiger charge is 2.01. The summed E-state index contributed by atoms with van der Waals surface area (Å²) in [5, 5.41) is 0.677. The summed E-state index contributed by atoms with van der Waals surface area (Å²) in [6.07, 6.45) is 3.20. The molecule has 78 valence electrons. The fourth-order valence-corrected chi connectivity index (χ4v) is 2.09. The third-order valence-corrected chi connectivity index (χ3v) is 3.48. The highest BCUT2D eigenvalue weighted by atomic mass is 79.9. The molecule has 3 nitrogen and oxygen atoms in total. The van der Waals surface area contributed by atoms with Crippen molar-refractivity contribution in [2.24, 2.45) is 0 Å². The van der Waals surface area contributed by atoms with E-state index in [-0.39, 0.29) is 0 Å². The zero-order valence-corrected chi connectivity index (χ0v) is 10.2. The molecule has 0 amide bonds. The maximum Gasteiger partial charge on any atom is 0.255 e. The number of hydrogen-bond acceptors (Lipinski definition) is 4.